The predicted octanol–water partition coefficient (Wildman–Crippen LogP) is 3.11. The molecule has 0 spiro atoms. The first-order valence-electron chi connectivity index (χ1n) is 7.20. The summed E-state index contributed by atoms with van der Waals surface area (Å²) in [6, 6.07) is 0.780. The van der Waals surface area contributed by atoms with Crippen LogP contribution in [0.5, 0.6) is 0 Å². The highest BCUT2D eigenvalue weighted by Crippen LogP contribution is 2.42. The lowest BCUT2D eigenvalue weighted by Gasteiger charge is -2.36. The van der Waals surface area contributed by atoms with Crippen LogP contribution in [0.2, 0.25) is 0 Å². The lowest BCUT2D eigenvalue weighted by Crippen LogP contribution is -2.47. The minimum absolute atomic E-state index is 0.221. The Hall–Kier alpha value is -0.0600. The predicted molar refractivity (Wildman–Crippen MR) is 78.5 cm³/mol. The van der Waals surface area contributed by atoms with Crippen molar-refractivity contribution in [2.75, 3.05) is 11.5 Å². The van der Waals surface area contributed by atoms with Crippen molar-refractivity contribution >= 4 is 23.1 Å². The molecular weight excluding hydrogens is 260 g/mol. The van der Waals surface area contributed by atoms with Crippen molar-refractivity contribution in [3.8, 4) is 0 Å². The van der Waals surface area contributed by atoms with Gasteiger partial charge in [-0.2, -0.15) is 11.8 Å². The summed E-state index contributed by atoms with van der Waals surface area (Å²) in [6.45, 7) is 0. The molecule has 1 aliphatic heterocycles. The minimum atomic E-state index is 0.221. The average molecular weight is 280 g/mol. The number of thioether (sulfide) groups is 1. The molecule has 1 saturated heterocycles. The normalized spacial score (nSPS) is 31.6. The van der Waals surface area contributed by atoms with Crippen LogP contribution in [0.1, 0.15) is 47.7 Å². The largest absolute Gasteiger partial charge is 0.302 e. The summed E-state index contributed by atoms with van der Waals surface area (Å²) in [6.07, 6.45) is 9.21. The van der Waals surface area contributed by atoms with Crippen LogP contribution >= 0.6 is 23.1 Å². The van der Waals surface area contributed by atoms with Gasteiger partial charge in [0, 0.05) is 16.7 Å². The molecule has 1 aromatic rings. The number of nitrogens with zero attached hydrogens (tertiary/aromatic N) is 1. The molecule has 2 nitrogen and oxygen atoms in total. The number of hydrogen-bond acceptors (Lipinski definition) is 4. The second-order valence-electron chi connectivity index (χ2n) is 5.90. The van der Waals surface area contributed by atoms with Crippen molar-refractivity contribution in [2.24, 2.45) is 0 Å². The van der Waals surface area contributed by atoms with Gasteiger partial charge in [0.25, 0.3) is 0 Å². The Kier molecular flexibility index (Phi) is 2.93. The molecule has 0 amide bonds. The fourth-order valence-electron chi connectivity index (χ4n) is 3.15. The number of aromatic nitrogens is 1. The van der Waals surface area contributed by atoms with Crippen molar-refractivity contribution in [3.63, 3.8) is 0 Å². The molecule has 1 N–H and O–H groups in total. The van der Waals surface area contributed by atoms with Crippen molar-refractivity contribution in [1.82, 2.24) is 10.3 Å². The molecule has 2 fully saturated rings. The zero-order chi connectivity index (χ0) is 12.0. The minimum Gasteiger partial charge on any atom is -0.302 e. The van der Waals surface area contributed by atoms with Crippen LogP contribution in [0.3, 0.4) is 0 Å². The summed E-state index contributed by atoms with van der Waals surface area (Å²) in [5, 5.41) is 5.35. The van der Waals surface area contributed by atoms with Crippen LogP contribution in [-0.4, -0.2) is 22.5 Å². The SMILES string of the molecule is C1Cc2nc(C3(NC4CC4)CCCSC3)sc2C1. The van der Waals surface area contributed by atoms with Gasteiger partial charge in [-0.15, -0.1) is 11.3 Å². The summed E-state index contributed by atoms with van der Waals surface area (Å²) >= 11 is 4.12. The molecule has 0 aromatic carbocycles. The van der Waals surface area contributed by atoms with Gasteiger partial charge in [0.2, 0.25) is 0 Å². The van der Waals surface area contributed by atoms with Gasteiger partial charge in [0.15, 0.2) is 0 Å². The zero-order valence-corrected chi connectivity index (χ0v) is 12.3. The highest BCUT2D eigenvalue weighted by molar-refractivity contribution is 7.99. The maximum Gasteiger partial charge on any atom is 0.114 e. The lowest BCUT2D eigenvalue weighted by molar-refractivity contribution is 0.332. The molecule has 1 atom stereocenters. The molecule has 4 heteroatoms. The molecule has 2 heterocycles. The van der Waals surface area contributed by atoms with Crippen LogP contribution < -0.4 is 5.32 Å². The third-order valence-electron chi connectivity index (χ3n) is 4.30. The molecule has 2 aliphatic carbocycles. The second-order valence-corrected chi connectivity index (χ2v) is 8.09. The molecule has 98 valence electrons. The second kappa shape index (κ2) is 4.50. The quantitative estimate of drug-likeness (QED) is 0.921. The Balaban J connectivity index is 1.66. The monoisotopic (exact) mass is 280 g/mol. The van der Waals surface area contributed by atoms with E-state index in [4.69, 9.17) is 4.98 Å². The van der Waals surface area contributed by atoms with E-state index in [1.54, 1.807) is 4.88 Å². The van der Waals surface area contributed by atoms with E-state index in [0.29, 0.717) is 0 Å². The van der Waals surface area contributed by atoms with Crippen molar-refractivity contribution in [2.45, 2.75) is 56.5 Å². The molecule has 18 heavy (non-hydrogen) atoms. The smallest absolute Gasteiger partial charge is 0.114 e. The number of hydrogen-bond donors (Lipinski definition) is 1. The maximum atomic E-state index is 5.01. The van der Waals surface area contributed by atoms with E-state index in [1.165, 1.54) is 67.2 Å². The molecule has 4 rings (SSSR count). The average Bonchev–Trinajstić information content (AvgIpc) is 2.92. The number of fused-ring (bicyclic) bond motifs is 1. The van der Waals surface area contributed by atoms with E-state index >= 15 is 0 Å². The molecule has 0 bridgehead atoms. The van der Waals surface area contributed by atoms with Crippen molar-refractivity contribution in [1.29, 1.82) is 0 Å². The summed E-state index contributed by atoms with van der Waals surface area (Å²) in [5.74, 6) is 2.56. The van der Waals surface area contributed by atoms with Gasteiger partial charge in [-0.3, -0.25) is 0 Å². The standard InChI is InChI=1S/C14H20N2S2/c1-3-11-12(4-1)18-13(15-11)14(16-10-5-6-10)7-2-8-17-9-14/h10,16H,1-9H2. The maximum absolute atomic E-state index is 5.01. The van der Waals surface area contributed by atoms with Gasteiger partial charge in [0.1, 0.15) is 5.01 Å². The topological polar surface area (TPSA) is 24.9 Å². The highest BCUT2D eigenvalue weighted by atomic mass is 32.2. The first kappa shape index (κ1) is 11.7. The van der Waals surface area contributed by atoms with E-state index in [9.17, 15) is 0 Å². The van der Waals surface area contributed by atoms with Gasteiger partial charge in [-0.1, -0.05) is 0 Å². The molecular formula is C14H20N2S2. The molecule has 1 saturated carbocycles. The van der Waals surface area contributed by atoms with E-state index in [-0.39, 0.29) is 5.54 Å². The third kappa shape index (κ3) is 2.02. The summed E-state index contributed by atoms with van der Waals surface area (Å²) < 4.78 is 0. The molecule has 0 radical (unpaired) electrons. The lowest BCUT2D eigenvalue weighted by atomic mass is 9.96. The van der Waals surface area contributed by atoms with Crippen LogP contribution in [0.15, 0.2) is 0 Å². The molecule has 3 aliphatic rings. The van der Waals surface area contributed by atoms with E-state index in [0.717, 1.165) is 6.04 Å². The van der Waals surface area contributed by atoms with Gasteiger partial charge in [-0.25, -0.2) is 4.98 Å². The number of thiazole rings is 1. The van der Waals surface area contributed by atoms with Crippen LogP contribution in [0.25, 0.3) is 0 Å². The summed E-state index contributed by atoms with van der Waals surface area (Å²) in [7, 11) is 0. The van der Waals surface area contributed by atoms with Gasteiger partial charge in [0.05, 0.1) is 11.2 Å². The van der Waals surface area contributed by atoms with Crippen LogP contribution in [-0.2, 0) is 18.4 Å². The Bertz CT molecular complexity index is 423. The first-order chi connectivity index (χ1) is 8.86. The Labute approximate surface area is 117 Å². The van der Waals surface area contributed by atoms with Crippen molar-refractivity contribution in [3.05, 3.63) is 15.6 Å². The zero-order valence-electron chi connectivity index (χ0n) is 10.7. The van der Waals surface area contributed by atoms with Gasteiger partial charge < -0.3 is 5.32 Å². The Morgan fingerprint density at radius 2 is 2.17 bits per heavy atom. The van der Waals surface area contributed by atoms with E-state index in [2.05, 4.69) is 17.1 Å². The van der Waals surface area contributed by atoms with E-state index in [1.807, 2.05) is 11.3 Å². The molecule has 1 unspecified atom stereocenters. The number of nitrogens with one attached hydrogen (secondary N) is 1. The first-order valence-corrected chi connectivity index (χ1v) is 9.17. The van der Waals surface area contributed by atoms with Crippen LogP contribution in [0.4, 0.5) is 0 Å². The Morgan fingerprint density at radius 1 is 1.22 bits per heavy atom. The van der Waals surface area contributed by atoms with E-state index < -0.39 is 0 Å². The van der Waals surface area contributed by atoms with Crippen LogP contribution in [0, 0.1) is 0 Å². The Morgan fingerprint density at radius 3 is 2.89 bits per heavy atom. The summed E-state index contributed by atoms with van der Waals surface area (Å²) in [4.78, 5) is 6.59. The third-order valence-corrected chi connectivity index (χ3v) is 6.94. The fraction of sp³-hybridized carbons (Fsp3) is 0.786. The van der Waals surface area contributed by atoms with Gasteiger partial charge >= 0.3 is 0 Å². The van der Waals surface area contributed by atoms with Crippen molar-refractivity contribution < 1.29 is 0 Å². The van der Waals surface area contributed by atoms with Gasteiger partial charge in [-0.05, 0) is 50.7 Å². The molecule has 1 aromatic heterocycles. The number of aryl methyl sites for hydroxylation is 2. The fourth-order valence-corrected chi connectivity index (χ4v) is 5.78. The highest BCUT2D eigenvalue weighted by Gasteiger charge is 2.41. The summed E-state index contributed by atoms with van der Waals surface area (Å²) in [5.41, 5.74) is 1.64. The number of rotatable bonds is 3.